The number of morpholine rings is 1. The van der Waals surface area contributed by atoms with Gasteiger partial charge in [-0.2, -0.15) is 0 Å². The Morgan fingerprint density at radius 2 is 2.12 bits per heavy atom. The van der Waals surface area contributed by atoms with E-state index in [1.807, 2.05) is 6.92 Å². The zero-order valence-corrected chi connectivity index (χ0v) is 10.9. The molecule has 3 atom stereocenters. The van der Waals surface area contributed by atoms with Crippen molar-refractivity contribution in [2.24, 2.45) is 11.1 Å². The normalized spacial score (nSPS) is 27.8. The first-order valence-electron chi connectivity index (χ1n) is 6.08. The molecule has 16 heavy (non-hydrogen) atoms. The summed E-state index contributed by atoms with van der Waals surface area (Å²) in [6, 6.07) is 0.449. The molecule has 1 aliphatic heterocycles. The van der Waals surface area contributed by atoms with Crippen molar-refractivity contribution in [3.8, 4) is 0 Å². The van der Waals surface area contributed by atoms with Gasteiger partial charge in [0.25, 0.3) is 0 Å². The Morgan fingerprint density at radius 1 is 1.50 bits per heavy atom. The quantitative estimate of drug-likeness (QED) is 0.739. The number of nitrogens with two attached hydrogens (primary N) is 1. The lowest BCUT2D eigenvalue weighted by Crippen LogP contribution is -2.61. The number of rotatable bonds is 3. The maximum atomic E-state index is 9.40. The molecule has 4 heteroatoms. The van der Waals surface area contributed by atoms with E-state index < -0.39 is 0 Å². The van der Waals surface area contributed by atoms with E-state index in [0.717, 1.165) is 13.2 Å². The van der Waals surface area contributed by atoms with Crippen molar-refractivity contribution in [2.75, 3.05) is 26.4 Å². The number of nitrogens with zero attached hydrogens (tertiary/aromatic N) is 1. The maximum Gasteiger partial charge on any atom is 0.0644 e. The Hall–Kier alpha value is -0.160. The van der Waals surface area contributed by atoms with E-state index in [1.54, 1.807) is 0 Å². The summed E-state index contributed by atoms with van der Waals surface area (Å²) in [5.74, 6) is 0. The fraction of sp³-hybridized carbons (Fsp3) is 1.00. The minimum Gasteiger partial charge on any atom is -0.395 e. The predicted octanol–water partition coefficient (Wildman–Crippen LogP) is 0.441. The molecule has 4 nitrogen and oxygen atoms in total. The van der Waals surface area contributed by atoms with Gasteiger partial charge in [-0.3, -0.25) is 4.90 Å². The third-order valence-corrected chi connectivity index (χ3v) is 3.23. The summed E-state index contributed by atoms with van der Waals surface area (Å²) < 4.78 is 5.40. The Labute approximate surface area is 98.8 Å². The summed E-state index contributed by atoms with van der Waals surface area (Å²) in [6.45, 7) is 11.0. The lowest BCUT2D eigenvalue weighted by Gasteiger charge is -2.47. The van der Waals surface area contributed by atoms with E-state index in [2.05, 4.69) is 25.7 Å². The molecule has 0 spiro atoms. The summed E-state index contributed by atoms with van der Waals surface area (Å²) in [7, 11) is 0. The van der Waals surface area contributed by atoms with Crippen LogP contribution in [0.15, 0.2) is 0 Å². The van der Waals surface area contributed by atoms with Crippen molar-refractivity contribution in [1.29, 1.82) is 0 Å². The lowest BCUT2D eigenvalue weighted by molar-refractivity contribution is -0.0726. The molecule has 0 aromatic carbocycles. The van der Waals surface area contributed by atoms with Crippen LogP contribution >= 0.6 is 0 Å². The molecule has 0 aromatic rings. The summed E-state index contributed by atoms with van der Waals surface area (Å²) in [5, 5.41) is 9.40. The van der Waals surface area contributed by atoms with Gasteiger partial charge in [0.15, 0.2) is 0 Å². The molecule has 1 aliphatic rings. The molecule has 0 radical (unpaired) electrons. The van der Waals surface area contributed by atoms with Gasteiger partial charge < -0.3 is 15.6 Å². The number of aliphatic hydroxyl groups is 1. The molecule has 0 aromatic heterocycles. The number of ether oxygens (including phenoxy) is 1. The standard InChI is InChI=1S/C12H26N2O2/c1-9(13)11(12(2,3)4)14-5-6-16-8-10(14)7-15/h9-11,15H,5-8,13H2,1-4H3. The summed E-state index contributed by atoms with van der Waals surface area (Å²) in [4.78, 5) is 2.31. The average molecular weight is 230 g/mol. The van der Waals surface area contributed by atoms with Crippen LogP contribution in [0.4, 0.5) is 0 Å². The van der Waals surface area contributed by atoms with Crippen LogP contribution in [0.3, 0.4) is 0 Å². The minimum absolute atomic E-state index is 0.0870. The van der Waals surface area contributed by atoms with Gasteiger partial charge in [0.05, 0.1) is 25.9 Å². The van der Waals surface area contributed by atoms with Crippen LogP contribution in [0.2, 0.25) is 0 Å². The highest BCUT2D eigenvalue weighted by molar-refractivity contribution is 4.93. The Balaban J connectivity index is 2.83. The van der Waals surface area contributed by atoms with Crippen LogP contribution in [-0.2, 0) is 4.74 Å². The first-order valence-corrected chi connectivity index (χ1v) is 6.08. The van der Waals surface area contributed by atoms with Crippen LogP contribution in [0, 0.1) is 5.41 Å². The van der Waals surface area contributed by atoms with E-state index in [4.69, 9.17) is 10.5 Å². The smallest absolute Gasteiger partial charge is 0.0644 e. The molecule has 96 valence electrons. The molecule has 3 N–H and O–H groups in total. The number of hydrogen-bond acceptors (Lipinski definition) is 4. The predicted molar refractivity (Wildman–Crippen MR) is 65.3 cm³/mol. The second-order valence-corrected chi connectivity index (χ2v) is 5.82. The lowest BCUT2D eigenvalue weighted by atomic mass is 9.81. The van der Waals surface area contributed by atoms with Crippen LogP contribution < -0.4 is 5.73 Å². The molecule has 0 saturated carbocycles. The van der Waals surface area contributed by atoms with Gasteiger partial charge in [0, 0.05) is 18.6 Å². The highest BCUT2D eigenvalue weighted by Gasteiger charge is 2.37. The Morgan fingerprint density at radius 3 is 2.56 bits per heavy atom. The Bertz CT molecular complexity index is 214. The second kappa shape index (κ2) is 5.45. The van der Waals surface area contributed by atoms with E-state index in [1.165, 1.54) is 0 Å². The van der Waals surface area contributed by atoms with Crippen molar-refractivity contribution in [3.63, 3.8) is 0 Å². The first-order chi connectivity index (χ1) is 7.38. The van der Waals surface area contributed by atoms with Gasteiger partial charge in [0.1, 0.15) is 0 Å². The molecule has 0 amide bonds. The van der Waals surface area contributed by atoms with E-state index in [9.17, 15) is 5.11 Å². The molecule has 1 fully saturated rings. The van der Waals surface area contributed by atoms with Crippen molar-refractivity contribution in [1.82, 2.24) is 4.90 Å². The third kappa shape index (κ3) is 3.17. The number of hydrogen-bond donors (Lipinski definition) is 2. The van der Waals surface area contributed by atoms with Gasteiger partial charge in [0.2, 0.25) is 0 Å². The van der Waals surface area contributed by atoms with Gasteiger partial charge in [-0.05, 0) is 12.3 Å². The topological polar surface area (TPSA) is 58.7 Å². The molecule has 0 bridgehead atoms. The fourth-order valence-corrected chi connectivity index (χ4v) is 2.78. The number of aliphatic hydroxyl groups excluding tert-OH is 1. The van der Waals surface area contributed by atoms with Crippen LogP contribution in [0.25, 0.3) is 0 Å². The zero-order chi connectivity index (χ0) is 12.3. The van der Waals surface area contributed by atoms with Gasteiger partial charge in [-0.1, -0.05) is 20.8 Å². The van der Waals surface area contributed by atoms with E-state index in [0.29, 0.717) is 6.61 Å². The van der Waals surface area contributed by atoms with Crippen molar-refractivity contribution in [2.45, 2.75) is 45.8 Å². The van der Waals surface area contributed by atoms with Gasteiger partial charge >= 0.3 is 0 Å². The largest absolute Gasteiger partial charge is 0.395 e. The van der Waals surface area contributed by atoms with Crippen molar-refractivity contribution in [3.05, 3.63) is 0 Å². The monoisotopic (exact) mass is 230 g/mol. The molecule has 0 aliphatic carbocycles. The summed E-state index contributed by atoms with van der Waals surface area (Å²) in [5.41, 5.74) is 6.22. The van der Waals surface area contributed by atoms with Gasteiger partial charge in [-0.25, -0.2) is 0 Å². The maximum absolute atomic E-state index is 9.40. The van der Waals surface area contributed by atoms with Gasteiger partial charge in [-0.15, -0.1) is 0 Å². The van der Waals surface area contributed by atoms with Crippen LogP contribution in [-0.4, -0.2) is 54.5 Å². The second-order valence-electron chi connectivity index (χ2n) is 5.82. The third-order valence-electron chi connectivity index (χ3n) is 3.23. The molecule has 1 heterocycles. The fourth-order valence-electron chi connectivity index (χ4n) is 2.78. The summed E-state index contributed by atoms with van der Waals surface area (Å²) >= 11 is 0. The highest BCUT2D eigenvalue weighted by atomic mass is 16.5. The van der Waals surface area contributed by atoms with Crippen LogP contribution in [0.1, 0.15) is 27.7 Å². The molecule has 1 rings (SSSR count). The zero-order valence-electron chi connectivity index (χ0n) is 10.9. The molecule has 3 unspecified atom stereocenters. The van der Waals surface area contributed by atoms with E-state index in [-0.39, 0.29) is 30.1 Å². The highest BCUT2D eigenvalue weighted by Crippen LogP contribution is 2.28. The van der Waals surface area contributed by atoms with E-state index >= 15 is 0 Å². The molecule has 1 saturated heterocycles. The molecular formula is C12H26N2O2. The Kier molecular flexibility index (Phi) is 4.73. The minimum atomic E-state index is 0.0870. The summed E-state index contributed by atoms with van der Waals surface area (Å²) in [6.07, 6.45) is 0. The van der Waals surface area contributed by atoms with Crippen LogP contribution in [0.5, 0.6) is 0 Å². The SMILES string of the molecule is CC(N)C(N1CCOCC1CO)C(C)(C)C. The molecular weight excluding hydrogens is 204 g/mol. The first kappa shape index (κ1) is 13.9. The van der Waals surface area contributed by atoms with Crippen molar-refractivity contribution >= 4 is 0 Å². The average Bonchev–Trinajstić information content (AvgIpc) is 2.15. The van der Waals surface area contributed by atoms with Crippen molar-refractivity contribution < 1.29 is 9.84 Å².